The van der Waals surface area contributed by atoms with Gasteiger partial charge in [0.05, 0.1) is 12.8 Å². The van der Waals surface area contributed by atoms with Crippen LogP contribution in [0.25, 0.3) is 10.9 Å². The lowest BCUT2D eigenvalue weighted by Gasteiger charge is -2.13. The summed E-state index contributed by atoms with van der Waals surface area (Å²) < 4.78 is 4.60. The lowest BCUT2D eigenvalue weighted by molar-refractivity contribution is 0.171. The van der Waals surface area contributed by atoms with Gasteiger partial charge < -0.3 is 20.1 Å². The van der Waals surface area contributed by atoms with Crippen LogP contribution in [0.3, 0.4) is 0 Å². The van der Waals surface area contributed by atoms with Crippen LogP contribution in [0, 0.1) is 0 Å². The maximum absolute atomic E-state index is 11.3. The number of aromatic nitrogens is 1. The molecule has 3 aromatic rings. The number of fused-ring (bicyclic) bond motifs is 1. The second-order valence-electron chi connectivity index (χ2n) is 5.54. The van der Waals surface area contributed by atoms with Crippen molar-refractivity contribution >= 4 is 17.0 Å². The van der Waals surface area contributed by atoms with Crippen molar-refractivity contribution in [1.29, 1.82) is 0 Å². The number of amides is 1. The fraction of sp³-hybridized carbons (Fsp3) is 0.211. The molecule has 2 aromatic carbocycles. The highest BCUT2D eigenvalue weighted by Crippen LogP contribution is 2.30. The minimum atomic E-state index is -0.744. The molecule has 0 fully saturated rings. The summed E-state index contributed by atoms with van der Waals surface area (Å²) in [6.45, 7) is 0.434. The molecule has 0 saturated heterocycles. The number of hydrogen-bond acceptors (Lipinski definition) is 3. The van der Waals surface area contributed by atoms with Gasteiger partial charge in [-0.2, -0.15) is 0 Å². The Morgan fingerprint density at radius 1 is 1.17 bits per heavy atom. The summed E-state index contributed by atoms with van der Waals surface area (Å²) in [7, 11) is 1.34. The Morgan fingerprint density at radius 2 is 1.88 bits per heavy atom. The highest BCUT2D eigenvalue weighted by Gasteiger charge is 2.19. The summed E-state index contributed by atoms with van der Waals surface area (Å²) in [6.07, 6.45) is -0.607. The van der Waals surface area contributed by atoms with Gasteiger partial charge in [-0.3, -0.25) is 0 Å². The average Bonchev–Trinajstić information content (AvgIpc) is 3.00. The summed E-state index contributed by atoms with van der Waals surface area (Å²) in [6, 6.07) is 17.4. The molecule has 0 spiro atoms. The Kier molecular flexibility index (Phi) is 4.82. The Hall–Kier alpha value is -2.79. The number of methoxy groups -OCH3 is 1. The minimum Gasteiger partial charge on any atom is -0.453 e. The van der Waals surface area contributed by atoms with Crippen molar-refractivity contribution in [2.24, 2.45) is 0 Å². The van der Waals surface area contributed by atoms with Crippen LogP contribution >= 0.6 is 0 Å². The number of aromatic amines is 1. The van der Waals surface area contributed by atoms with Crippen LogP contribution in [0.5, 0.6) is 0 Å². The predicted octanol–water partition coefficient (Wildman–Crippen LogP) is 3.15. The zero-order chi connectivity index (χ0) is 16.9. The first kappa shape index (κ1) is 16.1. The van der Waals surface area contributed by atoms with E-state index in [1.807, 2.05) is 54.6 Å². The molecule has 1 amide bonds. The second kappa shape index (κ2) is 7.19. The fourth-order valence-corrected chi connectivity index (χ4v) is 2.89. The second-order valence-corrected chi connectivity index (χ2v) is 5.54. The zero-order valence-electron chi connectivity index (χ0n) is 13.5. The maximum Gasteiger partial charge on any atom is 0.406 e. The van der Waals surface area contributed by atoms with E-state index in [4.69, 9.17) is 0 Å². The number of benzene rings is 2. The van der Waals surface area contributed by atoms with Crippen LogP contribution in [0.15, 0.2) is 54.6 Å². The lowest BCUT2D eigenvalue weighted by atomic mass is 10.00. The van der Waals surface area contributed by atoms with Crippen LogP contribution in [-0.2, 0) is 11.2 Å². The molecule has 0 saturated carbocycles. The van der Waals surface area contributed by atoms with Crippen molar-refractivity contribution in [3.05, 3.63) is 71.4 Å². The first-order chi connectivity index (χ1) is 11.7. The van der Waals surface area contributed by atoms with E-state index in [-0.39, 0.29) is 0 Å². The van der Waals surface area contributed by atoms with E-state index in [2.05, 4.69) is 15.0 Å². The van der Waals surface area contributed by atoms with Gasteiger partial charge in [0.1, 0.15) is 6.10 Å². The molecule has 0 aliphatic heterocycles. The topological polar surface area (TPSA) is 74.3 Å². The number of ether oxygens (including phenoxy) is 1. The number of carbonyl (C=O) groups excluding carboxylic acids is 1. The molecule has 0 radical (unpaired) electrons. The van der Waals surface area contributed by atoms with Gasteiger partial charge in [0, 0.05) is 17.4 Å². The van der Waals surface area contributed by atoms with E-state index in [0.29, 0.717) is 13.0 Å². The number of aliphatic hydroxyl groups excluding tert-OH is 1. The van der Waals surface area contributed by atoms with Crippen LogP contribution in [0.1, 0.15) is 22.9 Å². The summed E-state index contributed by atoms with van der Waals surface area (Å²) in [5, 5.41) is 14.5. The highest BCUT2D eigenvalue weighted by atomic mass is 16.5. The van der Waals surface area contributed by atoms with Crippen molar-refractivity contribution in [2.45, 2.75) is 12.5 Å². The molecule has 1 atom stereocenters. The Bertz CT molecular complexity index is 827. The molecule has 1 unspecified atom stereocenters. The monoisotopic (exact) mass is 324 g/mol. The maximum atomic E-state index is 11.3. The Morgan fingerprint density at radius 3 is 2.62 bits per heavy atom. The van der Waals surface area contributed by atoms with Crippen molar-refractivity contribution in [3.63, 3.8) is 0 Å². The van der Waals surface area contributed by atoms with Crippen molar-refractivity contribution in [3.8, 4) is 0 Å². The number of alkyl carbamates (subject to hydrolysis) is 1. The van der Waals surface area contributed by atoms with E-state index >= 15 is 0 Å². The summed E-state index contributed by atoms with van der Waals surface area (Å²) in [4.78, 5) is 14.6. The summed E-state index contributed by atoms with van der Waals surface area (Å²) >= 11 is 0. The van der Waals surface area contributed by atoms with E-state index in [9.17, 15) is 9.90 Å². The van der Waals surface area contributed by atoms with Crippen LogP contribution in [0.2, 0.25) is 0 Å². The largest absolute Gasteiger partial charge is 0.453 e. The molecular weight excluding hydrogens is 304 g/mol. The molecule has 3 rings (SSSR count). The smallest absolute Gasteiger partial charge is 0.406 e. The molecule has 124 valence electrons. The minimum absolute atomic E-state index is 0.434. The van der Waals surface area contributed by atoms with Gasteiger partial charge in [-0.25, -0.2) is 4.79 Å². The summed E-state index contributed by atoms with van der Waals surface area (Å²) in [5.41, 5.74) is 3.55. The zero-order valence-corrected chi connectivity index (χ0v) is 13.5. The third-order valence-electron chi connectivity index (χ3n) is 4.07. The van der Waals surface area contributed by atoms with E-state index in [0.717, 1.165) is 27.7 Å². The number of nitrogens with one attached hydrogen (secondary N) is 2. The Balaban J connectivity index is 1.94. The highest BCUT2D eigenvalue weighted by molar-refractivity contribution is 5.85. The quantitative estimate of drug-likeness (QED) is 0.675. The first-order valence-electron chi connectivity index (χ1n) is 7.85. The van der Waals surface area contributed by atoms with Gasteiger partial charge in [0.15, 0.2) is 0 Å². The molecule has 1 heterocycles. The molecule has 0 aliphatic carbocycles. The van der Waals surface area contributed by atoms with Crippen LogP contribution in [-0.4, -0.2) is 29.8 Å². The van der Waals surface area contributed by atoms with Gasteiger partial charge in [0.25, 0.3) is 0 Å². The molecular formula is C19H20N2O3. The predicted molar refractivity (Wildman–Crippen MR) is 92.9 cm³/mol. The summed E-state index contributed by atoms with van der Waals surface area (Å²) in [5.74, 6) is 0. The van der Waals surface area contributed by atoms with E-state index in [1.165, 1.54) is 7.11 Å². The van der Waals surface area contributed by atoms with Crippen molar-refractivity contribution < 1.29 is 14.6 Å². The SMILES string of the molecule is COC(=O)NCCc1c(C(O)c2ccccc2)[nH]c2ccccc12. The first-order valence-corrected chi connectivity index (χ1v) is 7.85. The third kappa shape index (κ3) is 3.26. The van der Waals surface area contributed by atoms with Gasteiger partial charge in [-0.05, 0) is 23.6 Å². The van der Waals surface area contributed by atoms with Crippen molar-refractivity contribution in [2.75, 3.05) is 13.7 Å². The Labute approximate surface area is 140 Å². The third-order valence-corrected chi connectivity index (χ3v) is 4.07. The standard InChI is InChI=1S/C19H20N2O3/c1-24-19(23)20-12-11-15-14-9-5-6-10-16(14)21-17(15)18(22)13-7-3-2-4-8-13/h2-10,18,21-22H,11-12H2,1H3,(H,20,23). The number of aliphatic hydroxyl groups is 1. The number of hydrogen-bond donors (Lipinski definition) is 3. The van der Waals surface area contributed by atoms with Gasteiger partial charge >= 0.3 is 6.09 Å². The molecule has 5 nitrogen and oxygen atoms in total. The molecule has 24 heavy (non-hydrogen) atoms. The van der Waals surface area contributed by atoms with Crippen molar-refractivity contribution in [1.82, 2.24) is 10.3 Å². The normalized spacial score (nSPS) is 12.1. The lowest BCUT2D eigenvalue weighted by Crippen LogP contribution is -2.25. The van der Waals surface area contributed by atoms with Gasteiger partial charge in [-0.1, -0.05) is 48.5 Å². The number of para-hydroxylation sites is 1. The number of carbonyl (C=O) groups is 1. The molecule has 0 bridgehead atoms. The molecule has 3 N–H and O–H groups in total. The van der Waals surface area contributed by atoms with Gasteiger partial charge in [-0.15, -0.1) is 0 Å². The molecule has 5 heteroatoms. The van der Waals surface area contributed by atoms with Gasteiger partial charge in [0.2, 0.25) is 0 Å². The van der Waals surface area contributed by atoms with Crippen LogP contribution in [0.4, 0.5) is 4.79 Å². The number of H-pyrrole nitrogens is 1. The molecule has 0 aliphatic rings. The molecule has 1 aromatic heterocycles. The van der Waals surface area contributed by atoms with E-state index < -0.39 is 12.2 Å². The van der Waals surface area contributed by atoms with E-state index in [1.54, 1.807) is 0 Å². The van der Waals surface area contributed by atoms with Crippen LogP contribution < -0.4 is 5.32 Å². The number of rotatable bonds is 5. The fourth-order valence-electron chi connectivity index (χ4n) is 2.89. The average molecular weight is 324 g/mol.